The third-order valence-electron chi connectivity index (χ3n) is 1.62. The Kier molecular flexibility index (Phi) is 2.19. The SMILES string of the molecule is [CH2]c1csc(C(C)(C)C(=O)O)n1. The minimum atomic E-state index is -0.902. The molecular weight excluding hydrogens is 174 g/mol. The maximum atomic E-state index is 10.8. The van der Waals surface area contributed by atoms with Crippen molar-refractivity contribution < 1.29 is 9.90 Å². The lowest BCUT2D eigenvalue weighted by Crippen LogP contribution is -2.28. The van der Waals surface area contributed by atoms with Crippen molar-refractivity contribution in [2.24, 2.45) is 0 Å². The van der Waals surface area contributed by atoms with E-state index >= 15 is 0 Å². The van der Waals surface area contributed by atoms with Crippen molar-refractivity contribution in [2.75, 3.05) is 0 Å². The summed E-state index contributed by atoms with van der Waals surface area (Å²) in [6.07, 6.45) is 0. The lowest BCUT2D eigenvalue weighted by molar-refractivity contribution is -0.142. The van der Waals surface area contributed by atoms with Crippen LogP contribution in [0.2, 0.25) is 0 Å². The summed E-state index contributed by atoms with van der Waals surface area (Å²) in [5, 5.41) is 11.2. The topological polar surface area (TPSA) is 50.2 Å². The summed E-state index contributed by atoms with van der Waals surface area (Å²) >= 11 is 1.33. The second kappa shape index (κ2) is 2.86. The zero-order chi connectivity index (χ0) is 9.35. The first kappa shape index (κ1) is 9.19. The van der Waals surface area contributed by atoms with E-state index in [-0.39, 0.29) is 0 Å². The second-order valence-corrected chi connectivity index (χ2v) is 3.93. The average Bonchev–Trinajstić information content (AvgIpc) is 2.35. The minimum Gasteiger partial charge on any atom is -0.481 e. The number of carboxylic acid groups (broad SMARTS) is 1. The summed E-state index contributed by atoms with van der Waals surface area (Å²) in [5.41, 5.74) is -0.273. The number of carbonyl (C=O) groups is 1. The maximum absolute atomic E-state index is 10.8. The van der Waals surface area contributed by atoms with Gasteiger partial charge in [-0.05, 0) is 20.8 Å². The van der Waals surface area contributed by atoms with Gasteiger partial charge in [0.25, 0.3) is 0 Å². The first-order valence-corrected chi connectivity index (χ1v) is 4.34. The molecule has 0 aliphatic heterocycles. The average molecular weight is 184 g/mol. The van der Waals surface area contributed by atoms with Crippen LogP contribution in [0, 0.1) is 6.92 Å². The quantitative estimate of drug-likeness (QED) is 0.760. The number of nitrogens with zero attached hydrogens (tertiary/aromatic N) is 1. The Bertz CT molecular complexity index is 304. The van der Waals surface area contributed by atoms with Gasteiger partial charge in [0.1, 0.15) is 10.4 Å². The van der Waals surface area contributed by atoms with Crippen LogP contribution in [0.15, 0.2) is 5.38 Å². The second-order valence-electron chi connectivity index (χ2n) is 3.07. The van der Waals surface area contributed by atoms with Crippen LogP contribution in [0.5, 0.6) is 0 Å². The van der Waals surface area contributed by atoms with Gasteiger partial charge < -0.3 is 5.11 Å². The van der Waals surface area contributed by atoms with Gasteiger partial charge >= 0.3 is 5.97 Å². The fourth-order valence-corrected chi connectivity index (χ4v) is 1.54. The summed E-state index contributed by atoms with van der Waals surface area (Å²) in [6, 6.07) is 0. The van der Waals surface area contributed by atoms with Gasteiger partial charge in [0, 0.05) is 5.38 Å². The van der Waals surface area contributed by atoms with Crippen LogP contribution in [-0.2, 0) is 10.2 Å². The van der Waals surface area contributed by atoms with Crippen LogP contribution < -0.4 is 0 Å². The Balaban J connectivity index is 3.05. The van der Waals surface area contributed by atoms with Crippen molar-refractivity contribution in [3.8, 4) is 0 Å². The van der Waals surface area contributed by atoms with E-state index in [9.17, 15) is 4.79 Å². The molecule has 0 amide bonds. The molecule has 0 saturated heterocycles. The predicted molar refractivity (Wildman–Crippen MR) is 47.2 cm³/mol. The smallest absolute Gasteiger partial charge is 0.316 e. The molecular formula is C8H10NO2S. The summed E-state index contributed by atoms with van der Waals surface area (Å²) in [5.74, 6) is -0.864. The molecule has 0 unspecified atom stereocenters. The molecule has 0 atom stereocenters. The molecule has 1 N–H and O–H groups in total. The summed E-state index contributed by atoms with van der Waals surface area (Å²) < 4.78 is 0. The van der Waals surface area contributed by atoms with Crippen molar-refractivity contribution in [3.05, 3.63) is 23.0 Å². The zero-order valence-electron chi connectivity index (χ0n) is 7.00. The highest BCUT2D eigenvalue weighted by Gasteiger charge is 2.32. The zero-order valence-corrected chi connectivity index (χ0v) is 7.81. The molecule has 1 aromatic heterocycles. The molecule has 0 aromatic carbocycles. The Labute approximate surface area is 75.1 Å². The summed E-state index contributed by atoms with van der Waals surface area (Å²) in [4.78, 5) is 14.8. The third kappa shape index (κ3) is 1.48. The number of aliphatic carboxylic acids is 1. The fourth-order valence-electron chi connectivity index (χ4n) is 0.686. The van der Waals surface area contributed by atoms with Gasteiger partial charge in [0.05, 0.1) is 5.69 Å². The van der Waals surface area contributed by atoms with Gasteiger partial charge in [0.2, 0.25) is 0 Å². The monoisotopic (exact) mass is 184 g/mol. The molecule has 3 nitrogen and oxygen atoms in total. The molecule has 1 rings (SSSR count). The van der Waals surface area contributed by atoms with E-state index in [1.165, 1.54) is 11.3 Å². The van der Waals surface area contributed by atoms with Crippen LogP contribution in [0.4, 0.5) is 0 Å². The van der Waals surface area contributed by atoms with Crippen molar-refractivity contribution in [3.63, 3.8) is 0 Å². The van der Waals surface area contributed by atoms with Crippen molar-refractivity contribution >= 4 is 17.3 Å². The highest BCUT2D eigenvalue weighted by molar-refractivity contribution is 7.10. The Morgan fingerprint density at radius 2 is 2.33 bits per heavy atom. The number of aromatic nitrogens is 1. The molecule has 0 aliphatic rings. The van der Waals surface area contributed by atoms with Crippen molar-refractivity contribution in [1.29, 1.82) is 0 Å². The lowest BCUT2D eigenvalue weighted by Gasteiger charge is -2.14. The molecule has 1 aromatic rings. The Hall–Kier alpha value is -0.900. The Morgan fingerprint density at radius 3 is 2.67 bits per heavy atom. The van der Waals surface area contributed by atoms with Crippen molar-refractivity contribution in [2.45, 2.75) is 19.3 Å². The first-order chi connectivity index (χ1) is 5.44. The molecule has 0 aliphatic carbocycles. The van der Waals surface area contributed by atoms with E-state index in [2.05, 4.69) is 11.9 Å². The van der Waals surface area contributed by atoms with Gasteiger partial charge in [-0.15, -0.1) is 11.3 Å². The third-order valence-corrected chi connectivity index (χ3v) is 2.84. The highest BCUT2D eigenvalue weighted by atomic mass is 32.1. The van der Waals surface area contributed by atoms with E-state index < -0.39 is 11.4 Å². The van der Waals surface area contributed by atoms with E-state index in [1.54, 1.807) is 19.2 Å². The van der Waals surface area contributed by atoms with Crippen molar-refractivity contribution in [1.82, 2.24) is 4.98 Å². The van der Waals surface area contributed by atoms with Gasteiger partial charge in [-0.25, -0.2) is 4.98 Å². The van der Waals surface area contributed by atoms with E-state index in [0.717, 1.165) is 0 Å². The molecule has 0 bridgehead atoms. The molecule has 0 fully saturated rings. The largest absolute Gasteiger partial charge is 0.481 e. The van der Waals surface area contributed by atoms with Crippen LogP contribution >= 0.6 is 11.3 Å². The Morgan fingerprint density at radius 1 is 1.75 bits per heavy atom. The van der Waals surface area contributed by atoms with Crippen LogP contribution in [0.1, 0.15) is 24.5 Å². The van der Waals surface area contributed by atoms with Gasteiger partial charge in [-0.1, -0.05) is 0 Å². The van der Waals surface area contributed by atoms with Crippen LogP contribution in [-0.4, -0.2) is 16.1 Å². The van der Waals surface area contributed by atoms with E-state index in [4.69, 9.17) is 5.11 Å². The predicted octanol–water partition coefficient (Wildman–Crippen LogP) is 1.69. The minimum absolute atomic E-state index is 0.597. The van der Waals surface area contributed by atoms with Gasteiger partial charge in [0.15, 0.2) is 0 Å². The molecule has 1 heterocycles. The standard InChI is InChI=1S/C8H10NO2S/c1-5-4-12-6(9-5)8(2,3)7(10)11/h4H,1H2,2-3H3,(H,10,11). The highest BCUT2D eigenvalue weighted by Crippen LogP contribution is 2.26. The summed E-state index contributed by atoms with van der Waals surface area (Å²) in [7, 11) is 0. The van der Waals surface area contributed by atoms with Crippen LogP contribution in [0.25, 0.3) is 0 Å². The molecule has 0 saturated carbocycles. The molecule has 12 heavy (non-hydrogen) atoms. The van der Waals surface area contributed by atoms with Gasteiger partial charge in [-0.2, -0.15) is 0 Å². The van der Waals surface area contributed by atoms with Gasteiger partial charge in [-0.3, -0.25) is 4.79 Å². The summed E-state index contributed by atoms with van der Waals surface area (Å²) in [6.45, 7) is 6.89. The number of hydrogen-bond donors (Lipinski definition) is 1. The number of hydrogen-bond acceptors (Lipinski definition) is 3. The van der Waals surface area contributed by atoms with E-state index in [1.807, 2.05) is 0 Å². The molecule has 4 heteroatoms. The number of rotatable bonds is 2. The number of thiazole rings is 1. The number of carboxylic acids is 1. The molecule has 0 spiro atoms. The van der Waals surface area contributed by atoms with E-state index in [0.29, 0.717) is 10.7 Å². The molecule has 65 valence electrons. The lowest BCUT2D eigenvalue weighted by atomic mass is 9.95. The molecule has 1 radical (unpaired) electrons. The first-order valence-electron chi connectivity index (χ1n) is 3.46. The fraction of sp³-hybridized carbons (Fsp3) is 0.375. The maximum Gasteiger partial charge on any atom is 0.316 e. The van der Waals surface area contributed by atoms with Crippen LogP contribution in [0.3, 0.4) is 0 Å². The normalized spacial score (nSPS) is 11.6.